The number of piperazine rings is 1. The summed E-state index contributed by atoms with van der Waals surface area (Å²) < 4.78 is 36.6. The smallest absolute Gasteiger partial charge is 0.303 e. The van der Waals surface area contributed by atoms with Crippen LogP contribution in [-0.4, -0.2) is 43.3 Å². The molecule has 2 unspecified atom stereocenters. The number of alkyl halides is 3. The molecular weight excluding hydrogens is 169 g/mol. The van der Waals surface area contributed by atoms with Crippen molar-refractivity contribution in [3.63, 3.8) is 0 Å². The van der Waals surface area contributed by atoms with Gasteiger partial charge in [0.2, 0.25) is 0 Å². The molecule has 0 aliphatic carbocycles. The van der Waals surface area contributed by atoms with E-state index in [1.807, 2.05) is 0 Å². The number of likely N-dealkylation sites (N-methyl/N-ethyl adjacent to an activating group) is 1. The molecule has 1 heterocycles. The molecule has 0 radical (unpaired) electrons. The van der Waals surface area contributed by atoms with Crippen molar-refractivity contribution in [1.82, 2.24) is 10.2 Å². The Bertz CT molecular complexity index is 147. The molecule has 1 aliphatic heterocycles. The molecule has 0 saturated carbocycles. The normalized spacial score (nSPS) is 33.8. The summed E-state index contributed by atoms with van der Waals surface area (Å²) >= 11 is 0. The summed E-state index contributed by atoms with van der Waals surface area (Å²) in [6.45, 7) is 2.48. The molecule has 1 aliphatic rings. The van der Waals surface area contributed by atoms with Crippen LogP contribution in [0, 0.1) is 0 Å². The van der Waals surface area contributed by atoms with E-state index in [2.05, 4.69) is 5.32 Å². The molecule has 1 saturated heterocycles. The van der Waals surface area contributed by atoms with Crippen molar-refractivity contribution >= 4 is 0 Å². The van der Waals surface area contributed by atoms with Crippen molar-refractivity contribution in [2.24, 2.45) is 0 Å². The molecule has 0 spiro atoms. The van der Waals surface area contributed by atoms with Gasteiger partial charge in [0.15, 0.2) is 0 Å². The fourth-order valence-electron chi connectivity index (χ4n) is 1.50. The zero-order chi connectivity index (χ0) is 9.35. The third-order valence-corrected chi connectivity index (χ3v) is 1.96. The maximum atomic E-state index is 12.2. The monoisotopic (exact) mass is 182 g/mol. The van der Waals surface area contributed by atoms with Gasteiger partial charge in [-0.1, -0.05) is 0 Å². The molecule has 0 bridgehead atoms. The number of halogens is 3. The summed E-state index contributed by atoms with van der Waals surface area (Å²) in [4.78, 5) is 1.69. The van der Waals surface area contributed by atoms with Gasteiger partial charge in [0.05, 0.1) is 0 Å². The first-order valence-corrected chi connectivity index (χ1v) is 3.91. The van der Waals surface area contributed by atoms with Gasteiger partial charge in [0.25, 0.3) is 0 Å². The average Bonchev–Trinajstić information content (AvgIpc) is 1.82. The minimum absolute atomic E-state index is 0.0494. The highest BCUT2D eigenvalue weighted by molar-refractivity contribution is 4.86. The highest BCUT2D eigenvalue weighted by Gasteiger charge is 2.42. The molecule has 1 rings (SSSR count). The van der Waals surface area contributed by atoms with E-state index in [1.54, 1.807) is 18.9 Å². The van der Waals surface area contributed by atoms with Crippen molar-refractivity contribution in [1.29, 1.82) is 0 Å². The first-order valence-electron chi connectivity index (χ1n) is 3.91. The van der Waals surface area contributed by atoms with Gasteiger partial charge < -0.3 is 10.2 Å². The Labute approximate surface area is 69.7 Å². The van der Waals surface area contributed by atoms with Crippen LogP contribution in [0.1, 0.15) is 6.92 Å². The Kier molecular flexibility index (Phi) is 2.63. The molecule has 2 atom stereocenters. The van der Waals surface area contributed by atoms with Gasteiger partial charge in [-0.3, -0.25) is 0 Å². The summed E-state index contributed by atoms with van der Waals surface area (Å²) in [6.07, 6.45) is -4.12. The lowest BCUT2D eigenvalue weighted by atomic mass is 10.1. The van der Waals surface area contributed by atoms with Crippen molar-refractivity contribution < 1.29 is 13.2 Å². The van der Waals surface area contributed by atoms with Crippen LogP contribution in [0.15, 0.2) is 0 Å². The standard InChI is InChI=1S/C7H13F3N2/c1-5-3-12(2)4-6(11-5)7(8,9)10/h5-6,11H,3-4H2,1-2H3. The maximum Gasteiger partial charge on any atom is 0.405 e. The molecule has 72 valence electrons. The molecule has 0 aromatic heterocycles. The van der Waals surface area contributed by atoms with Gasteiger partial charge in [-0.2, -0.15) is 13.2 Å². The number of nitrogens with zero attached hydrogens (tertiary/aromatic N) is 1. The van der Waals surface area contributed by atoms with Crippen molar-refractivity contribution in [3.8, 4) is 0 Å². The lowest BCUT2D eigenvalue weighted by molar-refractivity contribution is -0.166. The number of rotatable bonds is 0. The first kappa shape index (κ1) is 9.80. The first-order chi connectivity index (χ1) is 5.39. The summed E-state index contributed by atoms with van der Waals surface area (Å²) in [5.74, 6) is 0. The lowest BCUT2D eigenvalue weighted by Crippen LogP contribution is -2.59. The molecule has 5 heteroatoms. The Balaban J connectivity index is 2.55. The summed E-state index contributed by atoms with van der Waals surface area (Å²) in [6, 6.07) is -1.46. The van der Waals surface area contributed by atoms with Gasteiger partial charge in [-0.05, 0) is 14.0 Å². The van der Waals surface area contributed by atoms with Crippen LogP contribution in [0.5, 0.6) is 0 Å². The van der Waals surface area contributed by atoms with Crippen LogP contribution in [0.4, 0.5) is 13.2 Å². The van der Waals surface area contributed by atoms with Crippen molar-refractivity contribution in [3.05, 3.63) is 0 Å². The third kappa shape index (κ3) is 2.35. The average molecular weight is 182 g/mol. The number of nitrogens with one attached hydrogen (secondary N) is 1. The predicted molar refractivity (Wildman–Crippen MR) is 39.9 cm³/mol. The SMILES string of the molecule is CC1CN(C)CC(C(F)(F)F)N1. The zero-order valence-electron chi connectivity index (χ0n) is 7.15. The molecule has 0 aromatic carbocycles. The zero-order valence-corrected chi connectivity index (χ0v) is 7.15. The quantitative estimate of drug-likeness (QED) is 0.597. The fourth-order valence-corrected chi connectivity index (χ4v) is 1.50. The Morgan fingerprint density at radius 2 is 1.92 bits per heavy atom. The minimum atomic E-state index is -4.12. The second-order valence-corrected chi connectivity index (χ2v) is 3.38. The van der Waals surface area contributed by atoms with E-state index in [0.29, 0.717) is 6.54 Å². The molecule has 0 aromatic rings. The van der Waals surface area contributed by atoms with Crippen LogP contribution < -0.4 is 5.32 Å². The molecular formula is C7H13F3N2. The molecule has 12 heavy (non-hydrogen) atoms. The molecule has 1 N–H and O–H groups in total. The third-order valence-electron chi connectivity index (χ3n) is 1.96. The summed E-state index contributed by atoms with van der Waals surface area (Å²) in [7, 11) is 1.70. The van der Waals surface area contributed by atoms with E-state index >= 15 is 0 Å². The van der Waals surface area contributed by atoms with Crippen LogP contribution in [-0.2, 0) is 0 Å². The van der Waals surface area contributed by atoms with E-state index in [9.17, 15) is 13.2 Å². The lowest BCUT2D eigenvalue weighted by Gasteiger charge is -2.36. The molecule has 2 nitrogen and oxygen atoms in total. The maximum absolute atomic E-state index is 12.2. The van der Waals surface area contributed by atoms with Gasteiger partial charge in [0.1, 0.15) is 6.04 Å². The van der Waals surface area contributed by atoms with Gasteiger partial charge in [-0.25, -0.2) is 0 Å². The predicted octanol–water partition coefficient (Wildman–Crippen LogP) is 0.841. The second kappa shape index (κ2) is 3.22. The molecule has 0 amide bonds. The van der Waals surface area contributed by atoms with E-state index in [4.69, 9.17) is 0 Å². The van der Waals surface area contributed by atoms with Crippen LogP contribution in [0.25, 0.3) is 0 Å². The topological polar surface area (TPSA) is 15.3 Å². The molecule has 1 fully saturated rings. The van der Waals surface area contributed by atoms with Crippen LogP contribution in [0.2, 0.25) is 0 Å². The van der Waals surface area contributed by atoms with Crippen LogP contribution in [0.3, 0.4) is 0 Å². The highest BCUT2D eigenvalue weighted by atomic mass is 19.4. The Morgan fingerprint density at radius 3 is 2.33 bits per heavy atom. The van der Waals surface area contributed by atoms with Crippen molar-refractivity contribution in [2.45, 2.75) is 25.2 Å². The second-order valence-electron chi connectivity index (χ2n) is 3.38. The van der Waals surface area contributed by atoms with Crippen molar-refractivity contribution in [2.75, 3.05) is 20.1 Å². The summed E-state index contributed by atoms with van der Waals surface area (Å²) in [5, 5.41) is 2.52. The van der Waals surface area contributed by atoms with Gasteiger partial charge in [-0.15, -0.1) is 0 Å². The Morgan fingerprint density at radius 1 is 1.33 bits per heavy atom. The van der Waals surface area contributed by atoms with E-state index in [0.717, 1.165) is 0 Å². The fraction of sp³-hybridized carbons (Fsp3) is 1.00. The Hall–Kier alpha value is -0.290. The largest absolute Gasteiger partial charge is 0.405 e. The number of hydrogen-bond donors (Lipinski definition) is 1. The van der Waals surface area contributed by atoms with E-state index in [1.165, 1.54) is 0 Å². The summed E-state index contributed by atoms with van der Waals surface area (Å²) in [5.41, 5.74) is 0. The number of hydrogen-bond acceptors (Lipinski definition) is 2. The van der Waals surface area contributed by atoms with E-state index in [-0.39, 0.29) is 12.6 Å². The highest BCUT2D eigenvalue weighted by Crippen LogP contribution is 2.22. The van der Waals surface area contributed by atoms with Gasteiger partial charge >= 0.3 is 6.18 Å². The van der Waals surface area contributed by atoms with Gasteiger partial charge in [0, 0.05) is 19.1 Å². The van der Waals surface area contributed by atoms with Crippen LogP contribution >= 0.6 is 0 Å². The minimum Gasteiger partial charge on any atom is -0.303 e. The van der Waals surface area contributed by atoms with E-state index < -0.39 is 12.2 Å².